The fourth-order valence-electron chi connectivity index (χ4n) is 10.7. The Hall–Kier alpha value is -8.26. The molecule has 0 aromatic heterocycles. The van der Waals surface area contributed by atoms with E-state index in [1.54, 1.807) is 0 Å². The summed E-state index contributed by atoms with van der Waals surface area (Å²) in [5.74, 6) is 0. The van der Waals surface area contributed by atoms with E-state index in [1.807, 2.05) is 0 Å². The molecular weight excluding hydrogens is 771 g/mol. The van der Waals surface area contributed by atoms with Crippen molar-refractivity contribution in [1.82, 2.24) is 0 Å². The third-order valence-corrected chi connectivity index (χ3v) is 13.3. The monoisotopic (exact) mass is 813 g/mol. The highest BCUT2D eigenvalue weighted by Gasteiger charge is 2.47. The van der Waals surface area contributed by atoms with Gasteiger partial charge < -0.3 is 4.90 Å². The minimum Gasteiger partial charge on any atom is -0.310 e. The first kappa shape index (κ1) is 37.5. The van der Waals surface area contributed by atoms with E-state index >= 15 is 0 Å². The highest BCUT2D eigenvalue weighted by molar-refractivity contribution is 6.22. The molecule has 0 N–H and O–H groups in total. The third kappa shape index (κ3) is 5.93. The lowest BCUT2D eigenvalue weighted by Crippen LogP contribution is -2.28. The average Bonchev–Trinajstić information content (AvgIpc) is 3.69. The first-order chi connectivity index (χ1) is 31.8. The lowest BCUT2D eigenvalue weighted by molar-refractivity contribution is 0.768. The molecule has 1 aliphatic rings. The highest BCUT2D eigenvalue weighted by atomic mass is 15.1. The van der Waals surface area contributed by atoms with Crippen LogP contribution in [0.15, 0.2) is 261 Å². The topological polar surface area (TPSA) is 3.24 Å². The number of fused-ring (bicyclic) bond motifs is 6. The van der Waals surface area contributed by atoms with Gasteiger partial charge in [-0.05, 0) is 119 Å². The molecule has 0 bridgehead atoms. The van der Waals surface area contributed by atoms with E-state index in [0.717, 1.165) is 22.6 Å². The summed E-state index contributed by atoms with van der Waals surface area (Å²) in [6, 6.07) is 95.8. The van der Waals surface area contributed by atoms with Gasteiger partial charge in [0.2, 0.25) is 0 Å². The summed E-state index contributed by atoms with van der Waals surface area (Å²) >= 11 is 0. The molecule has 0 amide bonds. The van der Waals surface area contributed by atoms with Crippen molar-refractivity contribution in [2.75, 3.05) is 4.90 Å². The summed E-state index contributed by atoms with van der Waals surface area (Å²) in [4.78, 5) is 2.46. The molecule has 11 aromatic carbocycles. The minimum atomic E-state index is -0.501. The smallest absolute Gasteiger partial charge is 0.0714 e. The number of nitrogens with zero attached hydrogens (tertiary/aromatic N) is 1. The fraction of sp³-hybridized carbons (Fsp3) is 0.0159. The van der Waals surface area contributed by atoms with Gasteiger partial charge in [-0.2, -0.15) is 0 Å². The number of rotatable bonds is 8. The second-order valence-corrected chi connectivity index (χ2v) is 16.7. The second-order valence-electron chi connectivity index (χ2n) is 16.7. The molecule has 1 nitrogen and oxygen atoms in total. The molecule has 12 rings (SSSR count). The van der Waals surface area contributed by atoms with Crippen LogP contribution >= 0.6 is 0 Å². The molecule has 0 saturated heterocycles. The van der Waals surface area contributed by atoms with Crippen molar-refractivity contribution in [1.29, 1.82) is 0 Å². The molecule has 0 fully saturated rings. The van der Waals surface area contributed by atoms with Gasteiger partial charge in [0, 0.05) is 16.9 Å². The third-order valence-electron chi connectivity index (χ3n) is 13.3. The average molecular weight is 814 g/mol. The molecule has 11 aromatic rings. The number of hydrogen-bond donors (Lipinski definition) is 0. The van der Waals surface area contributed by atoms with Gasteiger partial charge in [0.05, 0.1) is 11.1 Å². The van der Waals surface area contributed by atoms with Crippen LogP contribution in [0.2, 0.25) is 0 Å². The van der Waals surface area contributed by atoms with Crippen LogP contribution in [0.1, 0.15) is 22.3 Å². The molecule has 0 heterocycles. The maximum absolute atomic E-state index is 2.46. The highest BCUT2D eigenvalue weighted by Crippen LogP contribution is 2.59. The van der Waals surface area contributed by atoms with E-state index in [4.69, 9.17) is 0 Å². The van der Waals surface area contributed by atoms with Gasteiger partial charge in [-0.3, -0.25) is 0 Å². The van der Waals surface area contributed by atoms with Crippen LogP contribution in [0, 0.1) is 0 Å². The van der Waals surface area contributed by atoms with Gasteiger partial charge in [-0.1, -0.05) is 224 Å². The summed E-state index contributed by atoms with van der Waals surface area (Å²) in [5.41, 5.74) is 17.7. The zero-order chi connectivity index (χ0) is 42.5. The molecule has 1 aliphatic carbocycles. The van der Waals surface area contributed by atoms with E-state index in [0.29, 0.717) is 0 Å². The van der Waals surface area contributed by atoms with Gasteiger partial charge in [0.1, 0.15) is 0 Å². The zero-order valence-corrected chi connectivity index (χ0v) is 35.3. The maximum Gasteiger partial charge on any atom is 0.0714 e. The molecule has 1 heteroatoms. The molecule has 300 valence electrons. The standard InChI is InChI=1S/C63H43N/c1-6-22-44(23-7-1)60-54-35-17-16-34-52(54)53-41-40-47(43-56(53)61(60)45-24-8-2-9-25-45)46-26-20-33-51(42-46)64(50-31-14-5-15-32-50)59-39-21-38-58-62(59)55-36-18-19-37-57(55)63(58,48-27-10-3-11-28-48)49-29-12-4-13-30-49/h1-43H. The van der Waals surface area contributed by atoms with Crippen LogP contribution in [0.4, 0.5) is 17.1 Å². The van der Waals surface area contributed by atoms with Crippen molar-refractivity contribution in [3.8, 4) is 44.5 Å². The number of benzene rings is 11. The summed E-state index contributed by atoms with van der Waals surface area (Å²) in [6.45, 7) is 0. The van der Waals surface area contributed by atoms with Crippen LogP contribution < -0.4 is 4.90 Å². The second kappa shape index (κ2) is 15.6. The summed E-state index contributed by atoms with van der Waals surface area (Å²) < 4.78 is 0. The Morgan fingerprint density at radius 2 is 0.734 bits per heavy atom. The molecule has 0 spiro atoms. The van der Waals surface area contributed by atoms with Gasteiger partial charge in [0.15, 0.2) is 0 Å². The lowest BCUT2D eigenvalue weighted by Gasteiger charge is -2.34. The Balaban J connectivity index is 1.09. The Morgan fingerprint density at radius 3 is 1.41 bits per heavy atom. The fourth-order valence-corrected chi connectivity index (χ4v) is 10.7. The van der Waals surface area contributed by atoms with Crippen molar-refractivity contribution in [3.05, 3.63) is 283 Å². The number of para-hydroxylation sites is 1. The Kier molecular flexibility index (Phi) is 9.13. The van der Waals surface area contributed by atoms with Crippen molar-refractivity contribution >= 4 is 38.6 Å². The SMILES string of the molecule is c1ccc(-c2c(-c3ccccc3)c3cc(-c4cccc(N(c5ccccc5)c5cccc6c5-c5ccccc5C6(c5ccccc5)c5ccccc5)c4)ccc3c3ccccc23)cc1. The molecule has 0 atom stereocenters. The molecule has 0 unspecified atom stereocenters. The maximum atomic E-state index is 2.46. The van der Waals surface area contributed by atoms with Crippen LogP contribution in [0.5, 0.6) is 0 Å². The Bertz CT molecular complexity index is 3430. The van der Waals surface area contributed by atoms with E-state index in [2.05, 4.69) is 266 Å². The van der Waals surface area contributed by atoms with Crippen LogP contribution in [-0.4, -0.2) is 0 Å². The van der Waals surface area contributed by atoms with Gasteiger partial charge in [-0.15, -0.1) is 0 Å². The van der Waals surface area contributed by atoms with E-state index in [9.17, 15) is 0 Å². The number of anilines is 3. The van der Waals surface area contributed by atoms with Crippen molar-refractivity contribution in [3.63, 3.8) is 0 Å². The number of hydrogen-bond acceptors (Lipinski definition) is 1. The minimum absolute atomic E-state index is 0.501. The summed E-state index contributed by atoms with van der Waals surface area (Å²) in [6.07, 6.45) is 0. The van der Waals surface area contributed by atoms with Crippen molar-refractivity contribution in [2.45, 2.75) is 5.41 Å². The Labute approximate surface area is 374 Å². The quantitative estimate of drug-likeness (QED) is 0.138. The van der Waals surface area contributed by atoms with E-state index < -0.39 is 5.41 Å². The van der Waals surface area contributed by atoms with Gasteiger partial charge >= 0.3 is 0 Å². The summed E-state index contributed by atoms with van der Waals surface area (Å²) in [5, 5.41) is 5.00. The Morgan fingerprint density at radius 1 is 0.266 bits per heavy atom. The van der Waals surface area contributed by atoms with Crippen LogP contribution in [-0.2, 0) is 5.41 Å². The predicted molar refractivity (Wildman–Crippen MR) is 270 cm³/mol. The molecule has 0 radical (unpaired) electrons. The largest absolute Gasteiger partial charge is 0.310 e. The zero-order valence-electron chi connectivity index (χ0n) is 35.3. The first-order valence-electron chi connectivity index (χ1n) is 22.2. The normalized spacial score (nSPS) is 12.5. The molecule has 0 aliphatic heterocycles. The molecule has 64 heavy (non-hydrogen) atoms. The first-order valence-corrected chi connectivity index (χ1v) is 22.2. The molecular formula is C63H43N. The van der Waals surface area contributed by atoms with Crippen molar-refractivity contribution in [2.24, 2.45) is 0 Å². The van der Waals surface area contributed by atoms with Gasteiger partial charge in [-0.25, -0.2) is 0 Å². The molecule has 0 saturated carbocycles. The lowest BCUT2D eigenvalue weighted by atomic mass is 9.68. The van der Waals surface area contributed by atoms with Gasteiger partial charge in [0.25, 0.3) is 0 Å². The van der Waals surface area contributed by atoms with Crippen molar-refractivity contribution < 1.29 is 0 Å². The summed E-state index contributed by atoms with van der Waals surface area (Å²) in [7, 11) is 0. The van der Waals surface area contributed by atoms with E-state index in [1.165, 1.54) is 82.7 Å². The predicted octanol–water partition coefficient (Wildman–Crippen LogP) is 16.8. The van der Waals surface area contributed by atoms with Crippen LogP contribution in [0.3, 0.4) is 0 Å². The van der Waals surface area contributed by atoms with Crippen LogP contribution in [0.25, 0.3) is 66.1 Å². The van der Waals surface area contributed by atoms with E-state index in [-0.39, 0.29) is 0 Å².